The fourth-order valence-electron chi connectivity index (χ4n) is 15.1. The van der Waals surface area contributed by atoms with Crippen molar-refractivity contribution in [3.05, 3.63) is 69.3 Å². The zero-order valence-corrected chi connectivity index (χ0v) is 36.3. The normalized spacial score (nSPS) is 27.8. The predicted octanol–water partition coefficient (Wildman–Crippen LogP) is 0.399. The van der Waals surface area contributed by atoms with Crippen LogP contribution in [0.3, 0.4) is 0 Å². The lowest BCUT2D eigenvalue weighted by Gasteiger charge is -2.35. The van der Waals surface area contributed by atoms with Gasteiger partial charge in [0.1, 0.15) is 13.1 Å². The second kappa shape index (κ2) is 13.0. The molecule has 2 fully saturated rings. The maximum absolute atomic E-state index is 6.23. The van der Waals surface area contributed by atoms with Gasteiger partial charge in [-0.25, -0.2) is 0 Å². The fourth-order valence-corrected chi connectivity index (χ4v) is 15.1. The molecule has 0 saturated carbocycles. The Morgan fingerprint density at radius 1 is 0.533 bits per heavy atom. The molecule has 10 heteroatoms. The van der Waals surface area contributed by atoms with Crippen molar-refractivity contribution in [2.45, 2.75) is 36.0 Å². The van der Waals surface area contributed by atoms with E-state index >= 15 is 0 Å². The summed E-state index contributed by atoms with van der Waals surface area (Å²) in [5, 5.41) is 22.6. The second-order valence-corrected chi connectivity index (χ2v) is 20.1. The summed E-state index contributed by atoms with van der Waals surface area (Å²) < 4.78 is 25.8. The number of hydrogen-bond acceptors (Lipinski definition) is 6. The molecule has 2 saturated heterocycles. The van der Waals surface area contributed by atoms with Crippen LogP contribution in [0.1, 0.15) is 56.7 Å². The number of nitrogens with two attached hydrogens (primary N) is 2. The molecule has 1 spiro atoms. The molecule has 6 atom stereocenters. The SMILES string of the molecule is C[N+]1(CCOCCOCCN)CC2c3cc4c5c6c7c8c(ccc9cc%10c%11c%12c(cc(c%13c3c5c(c%13%12)c7c%11c98)C2C1)C%10)C1C[N+](C)(CCOCCOCCN)CC61C4.[Cl-].[Cl-]. The van der Waals surface area contributed by atoms with E-state index in [0.29, 0.717) is 70.5 Å². The van der Waals surface area contributed by atoms with Gasteiger partial charge < -0.3 is 64.2 Å². The Kier molecular flexibility index (Phi) is 8.34. The van der Waals surface area contributed by atoms with Gasteiger partial charge in [-0.05, 0) is 127 Å². The molecular weight excluding hydrogens is 791 g/mol. The van der Waals surface area contributed by atoms with Crippen LogP contribution in [-0.4, -0.2) is 128 Å². The van der Waals surface area contributed by atoms with Crippen LogP contribution >= 0.6 is 0 Å². The molecule has 8 nitrogen and oxygen atoms in total. The van der Waals surface area contributed by atoms with Crippen molar-refractivity contribution < 1.29 is 52.7 Å². The number of ether oxygens (including phenoxy) is 4. The van der Waals surface area contributed by atoms with Crippen molar-refractivity contribution in [2.75, 3.05) is 119 Å². The van der Waals surface area contributed by atoms with Crippen LogP contribution in [0.25, 0.3) is 75.4 Å². The number of halogens is 2. The first kappa shape index (κ1) is 38.5. The van der Waals surface area contributed by atoms with Crippen molar-refractivity contribution in [1.29, 1.82) is 0 Å². The van der Waals surface area contributed by atoms with Crippen molar-refractivity contribution in [3.63, 3.8) is 0 Å². The van der Waals surface area contributed by atoms with E-state index in [1.54, 1.807) is 109 Å². The monoisotopic (exact) mass is 844 g/mol. The summed E-state index contributed by atoms with van der Waals surface area (Å²) in [4.78, 5) is 0. The van der Waals surface area contributed by atoms with Crippen LogP contribution in [0.4, 0.5) is 0 Å². The highest BCUT2D eigenvalue weighted by molar-refractivity contribution is 6.55. The van der Waals surface area contributed by atoms with Gasteiger partial charge in [0.2, 0.25) is 0 Å². The topological polar surface area (TPSA) is 89.0 Å². The first-order chi connectivity index (χ1) is 28.4. The average Bonchev–Trinajstić information content (AvgIpc) is 4.04. The summed E-state index contributed by atoms with van der Waals surface area (Å²) in [6.45, 7) is 13.1. The fraction of sp³-hybridized carbons (Fsp3) is 0.480. The van der Waals surface area contributed by atoms with Gasteiger partial charge >= 0.3 is 0 Å². The van der Waals surface area contributed by atoms with E-state index in [4.69, 9.17) is 30.4 Å². The molecule has 2 aliphatic heterocycles. The largest absolute Gasteiger partial charge is 1.00 e. The Hall–Kier alpha value is -3.12. The summed E-state index contributed by atoms with van der Waals surface area (Å²) >= 11 is 0. The minimum Gasteiger partial charge on any atom is -1.00 e. The molecule has 6 aliphatic rings. The van der Waals surface area contributed by atoms with Crippen molar-refractivity contribution in [1.82, 2.24) is 0 Å². The number of likely N-dealkylation sites (tertiary alicyclic amines) is 2. The molecule has 4 aliphatic carbocycles. The van der Waals surface area contributed by atoms with Crippen LogP contribution in [0, 0.1) is 0 Å². The highest BCUT2D eigenvalue weighted by Crippen LogP contribution is 2.70. The van der Waals surface area contributed by atoms with Gasteiger partial charge in [0, 0.05) is 30.8 Å². The molecule has 2 heterocycles. The van der Waals surface area contributed by atoms with Gasteiger partial charge in [0.15, 0.2) is 0 Å². The van der Waals surface area contributed by atoms with Crippen molar-refractivity contribution in [3.8, 4) is 0 Å². The lowest BCUT2D eigenvalue weighted by molar-refractivity contribution is -0.900. The second-order valence-electron chi connectivity index (χ2n) is 20.1. The lowest BCUT2D eigenvalue weighted by atomic mass is 9.65. The Morgan fingerprint density at radius 3 is 1.73 bits per heavy atom. The molecule has 8 aromatic rings. The Labute approximate surface area is 362 Å². The predicted molar refractivity (Wildman–Crippen MR) is 233 cm³/mol. The number of fused-ring (bicyclic) bond motifs is 4. The summed E-state index contributed by atoms with van der Waals surface area (Å²) in [7, 11) is 5.03. The molecule has 6 unspecified atom stereocenters. The average molecular weight is 846 g/mol. The highest BCUT2D eigenvalue weighted by atomic mass is 35.5. The van der Waals surface area contributed by atoms with E-state index in [1.165, 1.54) is 25.0 Å². The minimum absolute atomic E-state index is 0. The van der Waals surface area contributed by atoms with Gasteiger partial charge in [0.25, 0.3) is 0 Å². The van der Waals surface area contributed by atoms with Gasteiger partial charge in [-0.1, -0.05) is 30.3 Å². The molecule has 0 amide bonds. The maximum Gasteiger partial charge on any atom is 0.102 e. The first-order valence-corrected chi connectivity index (χ1v) is 22.3. The van der Waals surface area contributed by atoms with Crippen LogP contribution in [-0.2, 0) is 37.2 Å². The Bertz CT molecular complexity index is 3050. The van der Waals surface area contributed by atoms with Crippen LogP contribution < -0.4 is 36.3 Å². The maximum atomic E-state index is 6.23. The number of quaternary nitrogens is 2. The van der Waals surface area contributed by atoms with Crippen molar-refractivity contribution in [2.24, 2.45) is 11.5 Å². The van der Waals surface area contributed by atoms with Crippen LogP contribution in [0.15, 0.2) is 30.3 Å². The standard InChI is InChI=1S/C50H54N4O4.2ClH/c1-53(7-11-57-15-13-55-9-5-51)22-33-31-19-28-18-27-17-26-3-4-30-35-24-54(2,8-12-58-16-14-56-10-6-52)25-50(35)21-29-20-32(34(33)23-53)42-41(31)44-38(28)37(27)43-36(26)40(30)48-47(43)46(44)45(42)39(29)49(48)50;;/h3-4,17,19-20,33-35H,5-16,18,21-25,51-52H2,1-2H3;2*1H/q+2;;/p-2. The zero-order valence-electron chi connectivity index (χ0n) is 34.8. The minimum atomic E-state index is 0. The van der Waals surface area contributed by atoms with E-state index in [0.717, 1.165) is 54.7 Å². The third-order valence-corrected chi connectivity index (χ3v) is 16.9. The number of likely N-dealkylation sites (N-methyl/N-ethyl adjacent to an activating group) is 2. The smallest absolute Gasteiger partial charge is 0.102 e. The van der Waals surface area contributed by atoms with Gasteiger partial charge in [-0.15, -0.1) is 0 Å². The molecule has 312 valence electrons. The summed E-state index contributed by atoms with van der Waals surface area (Å²) in [6, 6.07) is 13.2. The quantitative estimate of drug-likeness (QED) is 0.0834. The summed E-state index contributed by atoms with van der Waals surface area (Å²) in [5.74, 6) is 1.54. The Balaban J connectivity index is 0.00000194. The molecule has 8 aromatic carbocycles. The Morgan fingerprint density at radius 2 is 1.07 bits per heavy atom. The number of rotatable bonds is 16. The molecule has 0 radical (unpaired) electrons. The summed E-state index contributed by atoms with van der Waals surface area (Å²) in [5.41, 5.74) is 22.9. The van der Waals surface area contributed by atoms with E-state index in [9.17, 15) is 0 Å². The van der Waals surface area contributed by atoms with Gasteiger partial charge in [-0.3, -0.25) is 0 Å². The molecule has 60 heavy (non-hydrogen) atoms. The van der Waals surface area contributed by atoms with E-state index < -0.39 is 0 Å². The molecule has 0 aromatic heterocycles. The molecular formula is C50H54Cl2N4O4. The number of nitrogens with zero attached hydrogens (tertiary/aromatic N) is 2. The van der Waals surface area contributed by atoms with Crippen LogP contribution in [0.2, 0.25) is 0 Å². The van der Waals surface area contributed by atoms with Crippen LogP contribution in [0.5, 0.6) is 0 Å². The number of hydrogen-bond donors (Lipinski definition) is 2. The van der Waals surface area contributed by atoms with E-state index in [-0.39, 0.29) is 30.2 Å². The highest BCUT2D eigenvalue weighted by Gasteiger charge is 2.62. The van der Waals surface area contributed by atoms with E-state index in [1.807, 2.05) is 0 Å². The molecule has 14 rings (SSSR count). The van der Waals surface area contributed by atoms with Gasteiger partial charge in [-0.2, -0.15) is 0 Å². The van der Waals surface area contributed by atoms with E-state index in [2.05, 4.69) is 44.4 Å². The first-order valence-electron chi connectivity index (χ1n) is 22.3. The molecule has 0 bridgehead atoms. The molecule has 4 N–H and O–H groups in total. The third-order valence-electron chi connectivity index (χ3n) is 16.9. The lowest BCUT2D eigenvalue weighted by Crippen LogP contribution is -3.00. The third kappa shape index (κ3) is 4.51. The zero-order chi connectivity index (χ0) is 38.4. The number of benzene rings is 6. The van der Waals surface area contributed by atoms with Gasteiger partial charge in [0.05, 0.1) is 98.5 Å². The summed E-state index contributed by atoms with van der Waals surface area (Å²) in [6.07, 6.45) is 2.22. The van der Waals surface area contributed by atoms with Crippen molar-refractivity contribution >= 4 is 75.4 Å².